The van der Waals surface area contributed by atoms with E-state index in [1.807, 2.05) is 0 Å². The van der Waals surface area contributed by atoms with E-state index in [-0.39, 0.29) is 0 Å². The van der Waals surface area contributed by atoms with E-state index in [4.69, 9.17) is 0 Å². The molecule has 4 heterocycles. The monoisotopic (exact) mass is 1220 g/mol. The molecule has 0 saturated heterocycles. The minimum absolute atomic E-state index is 1.15. The van der Waals surface area contributed by atoms with Gasteiger partial charge in [0.15, 0.2) is 0 Å². The summed E-state index contributed by atoms with van der Waals surface area (Å²) in [4.78, 5) is 0. The lowest BCUT2D eigenvalue weighted by atomic mass is 9.99. The van der Waals surface area contributed by atoms with Crippen molar-refractivity contribution in [3.63, 3.8) is 0 Å². The van der Waals surface area contributed by atoms with E-state index < -0.39 is 0 Å². The van der Waals surface area contributed by atoms with Gasteiger partial charge in [0, 0.05) is 65.8 Å². The third kappa shape index (κ3) is 8.99. The van der Waals surface area contributed by atoms with Crippen LogP contribution >= 0.6 is 0 Å². The summed E-state index contributed by atoms with van der Waals surface area (Å²) in [5.41, 5.74) is 24.1. The Hall–Kier alpha value is -12.8. The van der Waals surface area contributed by atoms with Gasteiger partial charge in [0.25, 0.3) is 0 Å². The van der Waals surface area contributed by atoms with Gasteiger partial charge in [0.1, 0.15) is 0 Å². The first-order valence-corrected chi connectivity index (χ1v) is 33.1. The topological polar surface area (TPSA) is 19.7 Å². The molecule has 4 aromatic heterocycles. The van der Waals surface area contributed by atoms with Gasteiger partial charge in [-0.1, -0.05) is 261 Å². The molecule has 0 aliphatic rings. The van der Waals surface area contributed by atoms with Crippen molar-refractivity contribution in [2.75, 3.05) is 0 Å². The van der Waals surface area contributed by atoms with Crippen molar-refractivity contribution in [3.8, 4) is 67.3 Å². The quantitative estimate of drug-likeness (QED) is 0.144. The van der Waals surface area contributed by atoms with Gasteiger partial charge in [-0.15, -0.1) is 0 Å². The molecule has 0 N–H and O–H groups in total. The molecule has 16 aromatic carbocycles. The zero-order valence-corrected chi connectivity index (χ0v) is 52.4. The molecule has 0 unspecified atom stereocenters. The first-order valence-electron chi connectivity index (χ1n) is 33.1. The van der Waals surface area contributed by atoms with Crippen LogP contribution in [-0.2, 0) is 0 Å². The molecule has 4 heteroatoms. The van der Waals surface area contributed by atoms with Gasteiger partial charge >= 0.3 is 0 Å². The number of para-hydroxylation sites is 4. The van der Waals surface area contributed by atoms with Crippen LogP contribution in [0, 0.1) is 0 Å². The smallest absolute Gasteiger partial charge is 0.0548 e. The van der Waals surface area contributed by atoms with Crippen molar-refractivity contribution >= 4 is 109 Å². The molecule has 448 valence electrons. The van der Waals surface area contributed by atoms with Crippen molar-refractivity contribution in [2.45, 2.75) is 0 Å². The molecule has 0 atom stereocenters. The highest BCUT2D eigenvalue weighted by molar-refractivity contribution is 6.30. The highest BCUT2D eigenvalue weighted by Crippen LogP contribution is 2.45. The number of benzene rings is 16. The Morgan fingerprint density at radius 2 is 0.406 bits per heavy atom. The summed E-state index contributed by atoms with van der Waals surface area (Å²) in [6.45, 7) is 0. The maximum atomic E-state index is 2.44. The molecule has 0 saturated carbocycles. The van der Waals surface area contributed by atoms with E-state index >= 15 is 0 Å². The Balaban J connectivity index is 0.000000135. The van der Waals surface area contributed by atoms with Crippen LogP contribution in [0.25, 0.3) is 176 Å². The highest BCUT2D eigenvalue weighted by Gasteiger charge is 2.23. The van der Waals surface area contributed by atoms with Gasteiger partial charge in [0.05, 0.1) is 44.1 Å². The Morgan fingerprint density at radius 1 is 0.135 bits per heavy atom. The molecular formula is C92H60N4. The normalized spacial score (nSPS) is 11.8. The van der Waals surface area contributed by atoms with Crippen LogP contribution in [-0.4, -0.2) is 18.3 Å². The molecular weight excluding hydrogens is 1160 g/mol. The summed E-state index contributed by atoms with van der Waals surface area (Å²) >= 11 is 0. The van der Waals surface area contributed by atoms with Crippen molar-refractivity contribution in [2.24, 2.45) is 0 Å². The van der Waals surface area contributed by atoms with Gasteiger partial charge < -0.3 is 18.3 Å². The molecule has 0 radical (unpaired) electrons. The number of fused-ring (bicyclic) bond motifs is 16. The molecule has 0 aliphatic heterocycles. The number of hydrogen-bond donors (Lipinski definition) is 0. The average molecular weight is 1220 g/mol. The summed E-state index contributed by atoms with van der Waals surface area (Å²) in [6.07, 6.45) is 0. The first kappa shape index (κ1) is 54.9. The zero-order chi connectivity index (χ0) is 63.2. The molecule has 0 bridgehead atoms. The van der Waals surface area contributed by atoms with Crippen molar-refractivity contribution in [1.29, 1.82) is 0 Å². The fourth-order valence-electron chi connectivity index (χ4n) is 15.4. The highest BCUT2D eigenvalue weighted by atomic mass is 15.0. The van der Waals surface area contributed by atoms with Crippen LogP contribution in [0.3, 0.4) is 0 Å². The SMILES string of the molecule is c1ccc(-c2ccc(-c3cccc(-n4c5ccccc5c5c6c7ccccc7n(-c7ccc8ccccc8c7)c6ccc54)c3)cc2)cc1.c1ccc(-c2cccc(-c3ccc(-n4c5ccccc5c5c6c7ccccc7n(-c7ccc8ccccc8c7)c6ccc54)cc3)c2)cc1. The predicted octanol–water partition coefficient (Wildman–Crippen LogP) is 24.7. The first-order chi connectivity index (χ1) is 47.6. The lowest BCUT2D eigenvalue weighted by Gasteiger charge is -2.12. The standard InChI is InChI=1S/2C46H30N2/c1-2-11-31(12-3-1)34-15-10-16-35(29-34)33-21-24-37(25-22-33)47-41-19-8-6-17-39(41)45-43(47)27-28-44-46(45)40-18-7-9-20-42(40)48(44)38-26-23-32-13-4-5-14-36(32)30-38;1-2-11-31(12-3-1)33-21-23-34(24-22-33)36-15-10-16-37(29-36)47-41-19-8-6-17-39(41)45-43(47)27-28-44-46(45)40-18-7-9-20-42(40)48(44)38-26-25-32-13-4-5-14-35(32)30-38/h2*1-30H. The van der Waals surface area contributed by atoms with E-state index in [1.165, 1.54) is 165 Å². The minimum Gasteiger partial charge on any atom is -0.309 e. The maximum absolute atomic E-state index is 2.44. The summed E-state index contributed by atoms with van der Waals surface area (Å²) in [5.74, 6) is 0. The van der Waals surface area contributed by atoms with Crippen LogP contribution in [0.2, 0.25) is 0 Å². The van der Waals surface area contributed by atoms with Gasteiger partial charge in [0.2, 0.25) is 0 Å². The van der Waals surface area contributed by atoms with Crippen molar-refractivity contribution < 1.29 is 0 Å². The van der Waals surface area contributed by atoms with Crippen molar-refractivity contribution in [1.82, 2.24) is 18.3 Å². The van der Waals surface area contributed by atoms with E-state index in [0.717, 1.165) is 11.4 Å². The van der Waals surface area contributed by atoms with Gasteiger partial charge in [-0.2, -0.15) is 0 Å². The fourth-order valence-corrected chi connectivity index (χ4v) is 15.4. The van der Waals surface area contributed by atoms with Crippen LogP contribution in [0.5, 0.6) is 0 Å². The third-order valence-electron chi connectivity index (χ3n) is 19.8. The van der Waals surface area contributed by atoms with E-state index in [9.17, 15) is 0 Å². The van der Waals surface area contributed by atoms with Gasteiger partial charge in [-0.3, -0.25) is 0 Å². The Kier molecular flexibility index (Phi) is 12.9. The molecule has 20 aromatic rings. The molecule has 4 nitrogen and oxygen atoms in total. The molecule has 0 spiro atoms. The summed E-state index contributed by atoms with van der Waals surface area (Å²) in [5, 5.41) is 15.2. The Labute approximate surface area is 554 Å². The minimum atomic E-state index is 1.15. The summed E-state index contributed by atoms with van der Waals surface area (Å²) in [6, 6.07) is 132. The van der Waals surface area contributed by atoms with Crippen LogP contribution in [0.4, 0.5) is 0 Å². The lowest BCUT2D eigenvalue weighted by Crippen LogP contribution is -1.95. The second-order valence-electron chi connectivity index (χ2n) is 25.2. The number of aromatic nitrogens is 4. The van der Waals surface area contributed by atoms with E-state index in [0.29, 0.717) is 0 Å². The molecule has 20 rings (SSSR count). The second kappa shape index (κ2) is 22.5. The third-order valence-corrected chi connectivity index (χ3v) is 19.8. The van der Waals surface area contributed by atoms with Crippen LogP contribution in [0.1, 0.15) is 0 Å². The van der Waals surface area contributed by atoms with Crippen LogP contribution in [0.15, 0.2) is 364 Å². The summed E-state index contributed by atoms with van der Waals surface area (Å²) < 4.78 is 9.73. The number of nitrogens with zero attached hydrogens (tertiary/aromatic N) is 4. The zero-order valence-electron chi connectivity index (χ0n) is 52.4. The average Bonchev–Trinajstić information content (AvgIpc) is 1.56. The predicted molar refractivity (Wildman–Crippen MR) is 407 cm³/mol. The Bertz CT molecular complexity index is 6420. The van der Waals surface area contributed by atoms with E-state index in [2.05, 4.69) is 382 Å². The molecule has 0 fully saturated rings. The van der Waals surface area contributed by atoms with Gasteiger partial charge in [-0.25, -0.2) is 0 Å². The second-order valence-corrected chi connectivity index (χ2v) is 25.2. The van der Waals surface area contributed by atoms with Gasteiger partial charge in [-0.05, 0) is 169 Å². The molecule has 0 aliphatic carbocycles. The number of hydrogen-bond acceptors (Lipinski definition) is 0. The molecule has 0 amide bonds. The largest absolute Gasteiger partial charge is 0.309 e. The molecule has 96 heavy (non-hydrogen) atoms. The lowest BCUT2D eigenvalue weighted by molar-refractivity contribution is 1.17. The fraction of sp³-hybridized carbons (Fsp3) is 0. The Morgan fingerprint density at radius 3 is 0.823 bits per heavy atom. The summed E-state index contributed by atoms with van der Waals surface area (Å²) in [7, 11) is 0. The van der Waals surface area contributed by atoms with Crippen LogP contribution < -0.4 is 0 Å². The maximum Gasteiger partial charge on any atom is 0.0548 e. The van der Waals surface area contributed by atoms with Crippen molar-refractivity contribution in [3.05, 3.63) is 364 Å². The number of rotatable bonds is 8. The van der Waals surface area contributed by atoms with E-state index in [1.54, 1.807) is 0 Å².